The van der Waals surface area contributed by atoms with E-state index in [9.17, 15) is 9.59 Å². The minimum Gasteiger partial charge on any atom is -0.399 e. The van der Waals surface area contributed by atoms with Gasteiger partial charge < -0.3 is 21.4 Å². The molecular weight excluding hydrogens is 376 g/mol. The Balaban J connectivity index is 1.71. The molecule has 0 aliphatic heterocycles. The molecule has 6 heteroatoms. The van der Waals surface area contributed by atoms with Crippen LogP contribution in [0.2, 0.25) is 0 Å². The van der Waals surface area contributed by atoms with E-state index in [1.165, 1.54) is 0 Å². The lowest BCUT2D eigenvalue weighted by Crippen LogP contribution is -2.07. The molecule has 3 aromatic carbocycles. The first-order chi connectivity index (χ1) is 14.5. The fourth-order valence-corrected chi connectivity index (χ4v) is 3.63. The molecular formula is C24H18N4O2. The van der Waals surface area contributed by atoms with Gasteiger partial charge in [0, 0.05) is 45.7 Å². The van der Waals surface area contributed by atoms with Crippen molar-refractivity contribution in [3.63, 3.8) is 0 Å². The number of nitrogen functional groups attached to an aromatic ring is 2. The minimum absolute atomic E-state index is 0.129. The van der Waals surface area contributed by atoms with Crippen molar-refractivity contribution in [1.29, 1.82) is 0 Å². The normalized spacial score (nSPS) is 11.2. The number of hydrogen-bond acceptors (Lipinski definition) is 4. The molecule has 146 valence electrons. The Kier molecular flexibility index (Phi) is 3.93. The molecule has 5 rings (SSSR count). The van der Waals surface area contributed by atoms with Gasteiger partial charge in [-0.2, -0.15) is 0 Å². The number of benzene rings is 3. The Bertz CT molecular complexity index is 1410. The van der Waals surface area contributed by atoms with E-state index in [0.29, 0.717) is 44.6 Å². The molecule has 0 aliphatic carbocycles. The van der Waals surface area contributed by atoms with Crippen LogP contribution < -0.4 is 22.3 Å². The van der Waals surface area contributed by atoms with E-state index in [-0.39, 0.29) is 10.9 Å². The number of aromatic nitrogens is 2. The number of rotatable bonds is 2. The van der Waals surface area contributed by atoms with Crippen molar-refractivity contribution in [2.24, 2.45) is 0 Å². The summed E-state index contributed by atoms with van der Waals surface area (Å²) in [6.45, 7) is 0. The van der Waals surface area contributed by atoms with Gasteiger partial charge in [-0.05, 0) is 47.5 Å². The molecule has 2 aromatic heterocycles. The van der Waals surface area contributed by atoms with E-state index < -0.39 is 0 Å². The van der Waals surface area contributed by atoms with Gasteiger partial charge in [0.1, 0.15) is 0 Å². The van der Waals surface area contributed by atoms with Crippen molar-refractivity contribution < 1.29 is 0 Å². The zero-order chi connectivity index (χ0) is 20.8. The number of anilines is 2. The van der Waals surface area contributed by atoms with Crippen LogP contribution in [0.4, 0.5) is 11.4 Å². The van der Waals surface area contributed by atoms with E-state index in [2.05, 4.69) is 9.97 Å². The van der Waals surface area contributed by atoms with Crippen LogP contribution in [0.1, 0.15) is 0 Å². The number of H-pyrrole nitrogens is 2. The maximum absolute atomic E-state index is 12.8. The average Bonchev–Trinajstić information content (AvgIpc) is 2.74. The third-order valence-electron chi connectivity index (χ3n) is 5.22. The molecule has 0 aliphatic rings. The summed E-state index contributed by atoms with van der Waals surface area (Å²) in [5.41, 5.74) is 16.8. The van der Waals surface area contributed by atoms with Gasteiger partial charge in [0.15, 0.2) is 10.9 Å². The lowest BCUT2D eigenvalue weighted by molar-refractivity contribution is 1.36. The number of aromatic amines is 2. The Morgan fingerprint density at radius 2 is 0.900 bits per heavy atom. The molecule has 0 fully saturated rings. The number of hydrogen-bond donors (Lipinski definition) is 4. The number of nitrogens with two attached hydrogens (primary N) is 2. The van der Waals surface area contributed by atoms with Gasteiger partial charge in [-0.3, -0.25) is 9.59 Å². The third-order valence-corrected chi connectivity index (χ3v) is 5.22. The summed E-state index contributed by atoms with van der Waals surface area (Å²) in [7, 11) is 0. The lowest BCUT2D eigenvalue weighted by Gasteiger charge is -2.09. The van der Waals surface area contributed by atoms with Gasteiger partial charge in [0.25, 0.3) is 0 Å². The van der Waals surface area contributed by atoms with Gasteiger partial charge in [-0.1, -0.05) is 24.3 Å². The summed E-state index contributed by atoms with van der Waals surface area (Å²) in [6.07, 6.45) is 0. The van der Waals surface area contributed by atoms with Gasteiger partial charge in [-0.25, -0.2) is 0 Å². The number of fused-ring (bicyclic) bond motifs is 2. The molecule has 30 heavy (non-hydrogen) atoms. The summed E-state index contributed by atoms with van der Waals surface area (Å²) >= 11 is 0. The van der Waals surface area contributed by atoms with Gasteiger partial charge in [0.2, 0.25) is 0 Å². The van der Waals surface area contributed by atoms with Crippen LogP contribution >= 0.6 is 0 Å². The quantitative estimate of drug-likeness (QED) is 0.268. The van der Waals surface area contributed by atoms with Crippen LogP contribution in [0.15, 0.2) is 82.4 Å². The molecule has 0 atom stereocenters. The van der Waals surface area contributed by atoms with Crippen LogP contribution in [0, 0.1) is 0 Å². The first kappa shape index (κ1) is 17.8. The fraction of sp³-hybridized carbons (Fsp3) is 0. The number of pyridine rings is 2. The minimum atomic E-state index is -0.129. The van der Waals surface area contributed by atoms with Crippen LogP contribution in [-0.2, 0) is 0 Å². The summed E-state index contributed by atoms with van der Waals surface area (Å²) in [5.74, 6) is 0. The van der Waals surface area contributed by atoms with Crippen LogP contribution in [0.3, 0.4) is 0 Å². The molecule has 2 heterocycles. The van der Waals surface area contributed by atoms with Crippen molar-refractivity contribution in [2.45, 2.75) is 0 Å². The highest BCUT2D eigenvalue weighted by Crippen LogP contribution is 2.24. The standard InChI is InChI=1S/C24H18N4O2/c25-15-5-1-13(2-6-15)19-11-23(29)17-10-22-18(9-21(17)27-19)24(30)12-20(28-22)14-3-7-16(26)8-4-14/h1-12H,25-26H2,(H,27,29)(H,28,30). The SMILES string of the molecule is Nc1ccc(-c2cc(=O)c3cc4[nH]c(-c5ccc(N)cc5)cc(=O)c4cc3[nH]2)cc1. The molecule has 0 saturated carbocycles. The summed E-state index contributed by atoms with van der Waals surface area (Å²) in [4.78, 5) is 32.2. The molecule has 6 nitrogen and oxygen atoms in total. The topological polar surface area (TPSA) is 118 Å². The molecule has 5 aromatic rings. The molecule has 0 bridgehead atoms. The average molecular weight is 394 g/mol. The predicted molar refractivity (Wildman–Crippen MR) is 122 cm³/mol. The monoisotopic (exact) mass is 394 g/mol. The Labute approximate surface area is 170 Å². The summed E-state index contributed by atoms with van der Waals surface area (Å²) < 4.78 is 0. The smallest absolute Gasteiger partial charge is 0.190 e. The maximum atomic E-state index is 12.8. The zero-order valence-corrected chi connectivity index (χ0v) is 15.9. The first-order valence-corrected chi connectivity index (χ1v) is 9.44. The largest absolute Gasteiger partial charge is 0.399 e. The second kappa shape index (κ2) is 6.63. The van der Waals surface area contributed by atoms with Crippen LogP contribution in [-0.4, -0.2) is 9.97 Å². The molecule has 0 spiro atoms. The predicted octanol–water partition coefficient (Wildman–Crippen LogP) is 3.87. The number of nitrogens with one attached hydrogen (secondary N) is 2. The van der Waals surface area contributed by atoms with Crippen molar-refractivity contribution in [3.05, 3.63) is 93.2 Å². The fourth-order valence-electron chi connectivity index (χ4n) is 3.63. The van der Waals surface area contributed by atoms with Crippen molar-refractivity contribution in [2.75, 3.05) is 11.5 Å². The Morgan fingerprint density at radius 3 is 1.27 bits per heavy atom. The maximum Gasteiger partial charge on any atom is 0.190 e. The highest BCUT2D eigenvalue weighted by Gasteiger charge is 2.10. The van der Waals surface area contributed by atoms with Gasteiger partial charge in [0.05, 0.1) is 11.0 Å². The van der Waals surface area contributed by atoms with E-state index in [4.69, 9.17) is 11.5 Å². The molecule has 0 unspecified atom stereocenters. The van der Waals surface area contributed by atoms with Crippen molar-refractivity contribution in [3.8, 4) is 22.5 Å². The van der Waals surface area contributed by atoms with E-state index in [1.807, 2.05) is 24.3 Å². The van der Waals surface area contributed by atoms with E-state index in [0.717, 1.165) is 11.1 Å². The highest BCUT2D eigenvalue weighted by atomic mass is 16.1. The van der Waals surface area contributed by atoms with E-state index in [1.54, 1.807) is 48.5 Å². The lowest BCUT2D eigenvalue weighted by atomic mass is 10.1. The Morgan fingerprint density at radius 1 is 0.533 bits per heavy atom. The van der Waals surface area contributed by atoms with E-state index >= 15 is 0 Å². The molecule has 0 saturated heterocycles. The zero-order valence-electron chi connectivity index (χ0n) is 15.9. The van der Waals surface area contributed by atoms with Crippen LogP contribution in [0.5, 0.6) is 0 Å². The summed E-state index contributed by atoms with van der Waals surface area (Å²) in [6, 6.07) is 21.1. The van der Waals surface area contributed by atoms with Crippen molar-refractivity contribution in [1.82, 2.24) is 9.97 Å². The van der Waals surface area contributed by atoms with Gasteiger partial charge >= 0.3 is 0 Å². The highest BCUT2D eigenvalue weighted by molar-refractivity contribution is 5.96. The second-order valence-electron chi connectivity index (χ2n) is 7.28. The summed E-state index contributed by atoms with van der Waals surface area (Å²) in [5, 5.41) is 1.01. The Hall–Kier alpha value is -4.32. The third kappa shape index (κ3) is 3.00. The van der Waals surface area contributed by atoms with Gasteiger partial charge in [-0.15, -0.1) is 0 Å². The van der Waals surface area contributed by atoms with Crippen molar-refractivity contribution >= 4 is 33.2 Å². The molecule has 6 N–H and O–H groups in total. The second-order valence-corrected chi connectivity index (χ2v) is 7.28. The molecule has 0 amide bonds. The molecule has 0 radical (unpaired) electrons. The first-order valence-electron chi connectivity index (χ1n) is 9.44. The van der Waals surface area contributed by atoms with Crippen LogP contribution in [0.25, 0.3) is 44.3 Å².